The molecule has 3 nitrogen and oxygen atoms in total. The third-order valence-electron chi connectivity index (χ3n) is 2.92. The summed E-state index contributed by atoms with van der Waals surface area (Å²) in [4.78, 5) is 8.88. The Morgan fingerprint density at radius 3 is 2.47 bits per heavy atom. The van der Waals surface area contributed by atoms with Gasteiger partial charge in [0.15, 0.2) is 5.82 Å². The summed E-state index contributed by atoms with van der Waals surface area (Å²) in [7, 11) is 0. The van der Waals surface area contributed by atoms with Crippen LogP contribution >= 0.6 is 11.6 Å². The fourth-order valence-electron chi connectivity index (χ4n) is 1.61. The smallest absolute Gasteiger partial charge is 0.161 e. The minimum atomic E-state index is -0.455. The first-order valence-corrected chi connectivity index (χ1v) is 6.49. The molecule has 0 saturated heterocycles. The van der Waals surface area contributed by atoms with E-state index in [0.717, 1.165) is 12.1 Å². The maximum atomic E-state index is 6.05. The molecule has 0 N–H and O–H groups in total. The monoisotopic (exact) mass is 256 g/mol. The largest absolute Gasteiger partial charge is 0.368 e. The molecule has 1 atom stereocenters. The van der Waals surface area contributed by atoms with Gasteiger partial charge in [0, 0.05) is 12.3 Å². The Hall–Kier alpha value is -0.670. The molecule has 0 fully saturated rings. The summed E-state index contributed by atoms with van der Waals surface area (Å²) >= 11 is 6.05. The van der Waals surface area contributed by atoms with Crippen LogP contribution in [0, 0.1) is 0 Å². The standard InChI is InChI=1S/C13H21ClN2O/c1-6-13(5,17-7-2)12-15-10(9(3)4)8-11(14)16-12/h8-9H,6-7H2,1-5H3. The van der Waals surface area contributed by atoms with Crippen molar-refractivity contribution in [1.29, 1.82) is 0 Å². The lowest BCUT2D eigenvalue weighted by Gasteiger charge is -2.27. The van der Waals surface area contributed by atoms with E-state index < -0.39 is 5.60 Å². The van der Waals surface area contributed by atoms with Crippen LogP contribution in [0.25, 0.3) is 0 Å². The molecular formula is C13H21ClN2O. The molecule has 1 aromatic heterocycles. The maximum Gasteiger partial charge on any atom is 0.161 e. The lowest BCUT2D eigenvalue weighted by molar-refractivity contribution is -0.0392. The summed E-state index contributed by atoms with van der Waals surface area (Å²) in [6.07, 6.45) is 0.818. The van der Waals surface area contributed by atoms with Crippen LogP contribution in [0.15, 0.2) is 6.07 Å². The van der Waals surface area contributed by atoms with E-state index in [-0.39, 0.29) is 0 Å². The minimum Gasteiger partial charge on any atom is -0.368 e. The van der Waals surface area contributed by atoms with Gasteiger partial charge in [-0.05, 0) is 32.3 Å². The van der Waals surface area contributed by atoms with E-state index in [0.29, 0.717) is 23.5 Å². The van der Waals surface area contributed by atoms with E-state index in [1.807, 2.05) is 19.9 Å². The van der Waals surface area contributed by atoms with Gasteiger partial charge in [-0.2, -0.15) is 0 Å². The van der Waals surface area contributed by atoms with Crippen molar-refractivity contribution in [3.8, 4) is 0 Å². The number of hydrogen-bond acceptors (Lipinski definition) is 3. The normalized spacial score (nSPS) is 15.0. The highest BCUT2D eigenvalue weighted by Gasteiger charge is 2.29. The van der Waals surface area contributed by atoms with Crippen LogP contribution in [-0.4, -0.2) is 16.6 Å². The summed E-state index contributed by atoms with van der Waals surface area (Å²) in [5, 5.41) is 0.484. The zero-order valence-corrected chi connectivity index (χ0v) is 12.0. The highest BCUT2D eigenvalue weighted by Crippen LogP contribution is 2.28. The van der Waals surface area contributed by atoms with Crippen molar-refractivity contribution >= 4 is 11.6 Å². The molecule has 4 heteroatoms. The van der Waals surface area contributed by atoms with Crippen molar-refractivity contribution in [2.45, 2.75) is 52.6 Å². The van der Waals surface area contributed by atoms with Gasteiger partial charge < -0.3 is 4.74 Å². The first-order valence-electron chi connectivity index (χ1n) is 6.11. The van der Waals surface area contributed by atoms with Crippen LogP contribution in [0.1, 0.15) is 58.5 Å². The lowest BCUT2D eigenvalue weighted by atomic mass is 10.0. The van der Waals surface area contributed by atoms with Crippen LogP contribution in [0.3, 0.4) is 0 Å². The Labute approximate surface area is 109 Å². The number of nitrogens with zero attached hydrogens (tertiary/aromatic N) is 2. The third kappa shape index (κ3) is 3.39. The molecule has 0 spiro atoms. The second-order valence-electron chi connectivity index (χ2n) is 4.61. The molecule has 0 aromatic carbocycles. The number of aromatic nitrogens is 2. The Kier molecular flexibility index (Phi) is 4.90. The van der Waals surface area contributed by atoms with E-state index in [2.05, 4.69) is 30.7 Å². The predicted molar refractivity (Wildman–Crippen MR) is 70.4 cm³/mol. The molecule has 0 aliphatic rings. The van der Waals surface area contributed by atoms with E-state index in [1.165, 1.54) is 0 Å². The van der Waals surface area contributed by atoms with Gasteiger partial charge in [0.1, 0.15) is 10.8 Å². The predicted octanol–water partition coefficient (Wildman–Crippen LogP) is 3.92. The van der Waals surface area contributed by atoms with Gasteiger partial charge >= 0.3 is 0 Å². The molecule has 0 aliphatic carbocycles. The van der Waals surface area contributed by atoms with Crippen molar-refractivity contribution in [3.63, 3.8) is 0 Å². The molecule has 1 unspecified atom stereocenters. The number of ether oxygens (including phenoxy) is 1. The quantitative estimate of drug-likeness (QED) is 0.749. The van der Waals surface area contributed by atoms with Crippen LogP contribution < -0.4 is 0 Å². The molecule has 0 saturated carbocycles. The van der Waals surface area contributed by atoms with Crippen LogP contribution in [-0.2, 0) is 10.3 Å². The summed E-state index contributed by atoms with van der Waals surface area (Å²) < 4.78 is 5.77. The van der Waals surface area contributed by atoms with E-state index >= 15 is 0 Å². The van der Waals surface area contributed by atoms with Gasteiger partial charge in [0.25, 0.3) is 0 Å². The molecule has 0 bridgehead atoms. The summed E-state index contributed by atoms with van der Waals surface area (Å²) in [5.41, 5.74) is 0.503. The minimum absolute atomic E-state index is 0.331. The average Bonchev–Trinajstić information content (AvgIpc) is 2.28. The first kappa shape index (κ1) is 14.4. The Balaban J connectivity index is 3.19. The molecule has 0 radical (unpaired) electrons. The van der Waals surface area contributed by atoms with E-state index in [9.17, 15) is 0 Å². The van der Waals surface area contributed by atoms with Gasteiger partial charge in [-0.1, -0.05) is 32.4 Å². The van der Waals surface area contributed by atoms with E-state index in [4.69, 9.17) is 16.3 Å². The van der Waals surface area contributed by atoms with E-state index in [1.54, 1.807) is 0 Å². The van der Waals surface area contributed by atoms with Crippen LogP contribution in [0.4, 0.5) is 0 Å². The van der Waals surface area contributed by atoms with Crippen LogP contribution in [0.5, 0.6) is 0 Å². The van der Waals surface area contributed by atoms with Gasteiger partial charge in [0.05, 0.1) is 0 Å². The Morgan fingerprint density at radius 1 is 1.35 bits per heavy atom. The van der Waals surface area contributed by atoms with Crippen molar-refractivity contribution in [2.75, 3.05) is 6.61 Å². The molecule has 96 valence electrons. The second kappa shape index (κ2) is 5.78. The SMILES string of the molecule is CCOC(C)(CC)c1nc(Cl)cc(C(C)C)n1. The molecule has 1 aromatic rings. The van der Waals surface area contributed by atoms with Crippen LogP contribution in [0.2, 0.25) is 5.15 Å². The third-order valence-corrected chi connectivity index (χ3v) is 3.11. The molecule has 17 heavy (non-hydrogen) atoms. The summed E-state index contributed by atoms with van der Waals surface area (Å²) in [5.74, 6) is 1.01. The van der Waals surface area contributed by atoms with Gasteiger partial charge in [-0.3, -0.25) is 0 Å². The van der Waals surface area contributed by atoms with Crippen molar-refractivity contribution in [2.24, 2.45) is 0 Å². The molecule has 0 aliphatic heterocycles. The number of halogens is 1. The number of rotatable bonds is 5. The van der Waals surface area contributed by atoms with Crippen molar-refractivity contribution in [1.82, 2.24) is 9.97 Å². The van der Waals surface area contributed by atoms with Crippen molar-refractivity contribution in [3.05, 3.63) is 22.7 Å². The zero-order valence-electron chi connectivity index (χ0n) is 11.2. The second-order valence-corrected chi connectivity index (χ2v) is 5.00. The highest BCUT2D eigenvalue weighted by molar-refractivity contribution is 6.29. The Morgan fingerprint density at radius 2 is 2.00 bits per heavy atom. The molecule has 0 amide bonds. The topological polar surface area (TPSA) is 35.0 Å². The lowest BCUT2D eigenvalue weighted by Crippen LogP contribution is -2.28. The molecular weight excluding hydrogens is 236 g/mol. The zero-order chi connectivity index (χ0) is 13.1. The highest BCUT2D eigenvalue weighted by atomic mass is 35.5. The molecule has 1 heterocycles. The fraction of sp³-hybridized carbons (Fsp3) is 0.692. The number of hydrogen-bond donors (Lipinski definition) is 0. The van der Waals surface area contributed by atoms with Gasteiger partial charge in [-0.15, -0.1) is 0 Å². The van der Waals surface area contributed by atoms with Crippen molar-refractivity contribution < 1.29 is 4.74 Å². The summed E-state index contributed by atoms with van der Waals surface area (Å²) in [6.45, 7) is 10.9. The van der Waals surface area contributed by atoms with Gasteiger partial charge in [-0.25, -0.2) is 9.97 Å². The molecule has 1 rings (SSSR count). The van der Waals surface area contributed by atoms with Gasteiger partial charge in [0.2, 0.25) is 0 Å². The average molecular weight is 257 g/mol. The first-order chi connectivity index (χ1) is 7.92. The Bertz CT molecular complexity index is 382. The maximum absolute atomic E-state index is 6.05. The fourth-order valence-corrected chi connectivity index (χ4v) is 1.80. The summed E-state index contributed by atoms with van der Waals surface area (Å²) in [6, 6.07) is 1.82.